The zero-order valence-corrected chi connectivity index (χ0v) is 14.7. The molecule has 0 aliphatic rings. The summed E-state index contributed by atoms with van der Waals surface area (Å²) in [5.74, 6) is 1.10. The van der Waals surface area contributed by atoms with E-state index in [4.69, 9.17) is 0 Å². The highest BCUT2D eigenvalue weighted by Gasteiger charge is 2.09. The zero-order chi connectivity index (χ0) is 16.7. The van der Waals surface area contributed by atoms with Gasteiger partial charge >= 0.3 is 0 Å². The number of thioether (sulfide) groups is 2. The van der Waals surface area contributed by atoms with Crippen molar-refractivity contribution in [2.24, 2.45) is 5.92 Å². The molecule has 2 nitrogen and oxygen atoms in total. The first-order valence-electron chi connectivity index (χ1n) is 7.27. The predicted molar refractivity (Wildman–Crippen MR) is 96.2 cm³/mol. The minimum Gasteiger partial charge on any atom is -0.289 e. The van der Waals surface area contributed by atoms with E-state index in [0.717, 1.165) is 14.9 Å². The Labute approximate surface area is 144 Å². The van der Waals surface area contributed by atoms with Crippen molar-refractivity contribution >= 4 is 29.3 Å². The number of hydrogen-bond donors (Lipinski definition) is 0. The van der Waals surface area contributed by atoms with Crippen LogP contribution in [0.1, 0.15) is 24.2 Å². The summed E-state index contributed by atoms with van der Waals surface area (Å²) in [4.78, 5) is 17.2. The minimum atomic E-state index is -0.263. The molecule has 0 fully saturated rings. The summed E-state index contributed by atoms with van der Waals surface area (Å²) in [6.45, 7) is 4.27. The zero-order valence-electron chi connectivity index (χ0n) is 13.0. The minimum absolute atomic E-state index is 0.0704. The molecule has 0 saturated heterocycles. The monoisotopic (exact) mass is 347 g/mol. The number of allylic oxidation sites excluding steroid dienone is 1. The summed E-state index contributed by atoms with van der Waals surface area (Å²) in [6, 6.07) is 9.79. The Morgan fingerprint density at radius 2 is 2.00 bits per heavy atom. The Hall–Kier alpha value is -1.59. The smallest absolute Gasteiger partial charge is 0.189 e. The maximum atomic E-state index is 13.0. The van der Waals surface area contributed by atoms with Gasteiger partial charge in [0.25, 0.3) is 0 Å². The molecular formula is C18H18FNOS2. The van der Waals surface area contributed by atoms with Crippen molar-refractivity contribution in [2.75, 3.05) is 5.75 Å². The molecule has 1 heterocycles. The number of benzene rings is 1. The van der Waals surface area contributed by atoms with Crippen LogP contribution in [-0.2, 0) is 0 Å². The third kappa shape index (κ3) is 6.20. The van der Waals surface area contributed by atoms with Crippen LogP contribution in [0.25, 0.3) is 0 Å². The van der Waals surface area contributed by atoms with Crippen LogP contribution in [0.2, 0.25) is 0 Å². The predicted octanol–water partition coefficient (Wildman–Crippen LogP) is 5.43. The number of hydrogen-bond acceptors (Lipinski definition) is 4. The van der Waals surface area contributed by atoms with E-state index in [2.05, 4.69) is 18.8 Å². The first-order valence-corrected chi connectivity index (χ1v) is 9.07. The van der Waals surface area contributed by atoms with Crippen LogP contribution in [-0.4, -0.2) is 16.5 Å². The molecule has 0 spiro atoms. The Kier molecular flexibility index (Phi) is 6.86. The quantitative estimate of drug-likeness (QED) is 0.380. The number of halogens is 1. The van der Waals surface area contributed by atoms with E-state index in [0.29, 0.717) is 11.5 Å². The molecule has 0 aliphatic heterocycles. The van der Waals surface area contributed by atoms with Crippen LogP contribution < -0.4 is 0 Å². The highest BCUT2D eigenvalue weighted by Crippen LogP contribution is 2.36. The Bertz CT molecular complexity index is 669. The van der Waals surface area contributed by atoms with Gasteiger partial charge in [0.1, 0.15) is 5.82 Å². The molecule has 0 N–H and O–H groups in total. The van der Waals surface area contributed by atoms with Gasteiger partial charge in [-0.05, 0) is 42.3 Å². The summed E-state index contributed by atoms with van der Waals surface area (Å²) >= 11 is 3.12. The van der Waals surface area contributed by atoms with Crippen LogP contribution in [0, 0.1) is 11.7 Å². The van der Waals surface area contributed by atoms with Gasteiger partial charge in [0.15, 0.2) is 5.78 Å². The molecule has 0 saturated carbocycles. The number of nitrogens with zero attached hydrogens (tertiary/aromatic N) is 1. The number of rotatable bonds is 7. The van der Waals surface area contributed by atoms with Gasteiger partial charge in [0.2, 0.25) is 0 Å². The summed E-state index contributed by atoms with van der Waals surface area (Å²) in [5, 5.41) is 0. The highest BCUT2D eigenvalue weighted by molar-refractivity contribution is 8.22. The molecule has 2 rings (SSSR count). The maximum Gasteiger partial charge on any atom is 0.189 e. The molecule has 1 aromatic heterocycles. The largest absolute Gasteiger partial charge is 0.289 e. The van der Waals surface area contributed by atoms with Crippen molar-refractivity contribution < 1.29 is 9.18 Å². The molecule has 120 valence electrons. The van der Waals surface area contributed by atoms with E-state index >= 15 is 0 Å². The summed E-state index contributed by atoms with van der Waals surface area (Å²) in [6.07, 6.45) is 4.84. The van der Waals surface area contributed by atoms with Gasteiger partial charge in [-0.1, -0.05) is 25.6 Å². The van der Waals surface area contributed by atoms with E-state index in [9.17, 15) is 9.18 Å². The third-order valence-electron chi connectivity index (χ3n) is 2.79. The average Bonchev–Trinajstić information content (AvgIpc) is 2.55. The molecule has 1 aromatic carbocycles. The van der Waals surface area contributed by atoms with Gasteiger partial charge in [-0.2, -0.15) is 0 Å². The van der Waals surface area contributed by atoms with Crippen molar-refractivity contribution in [1.29, 1.82) is 0 Å². The summed E-state index contributed by atoms with van der Waals surface area (Å²) < 4.78 is 13.9. The number of pyridine rings is 1. The fourth-order valence-electron chi connectivity index (χ4n) is 1.67. The van der Waals surface area contributed by atoms with Crippen molar-refractivity contribution in [3.63, 3.8) is 0 Å². The van der Waals surface area contributed by atoms with Crippen molar-refractivity contribution in [3.8, 4) is 0 Å². The lowest BCUT2D eigenvalue weighted by Crippen LogP contribution is -1.97. The normalized spacial score (nSPS) is 11.7. The van der Waals surface area contributed by atoms with Crippen LogP contribution >= 0.6 is 23.5 Å². The first-order chi connectivity index (χ1) is 11.0. The summed E-state index contributed by atoms with van der Waals surface area (Å²) in [7, 11) is 0. The first kappa shape index (κ1) is 17.8. The standard InChI is InChI=1S/C18H18FNOS2/c1-13(2)12-22-18(23-16-7-5-15(19)6-8-16)10-17(21)14-4-3-9-20-11-14/h3-11,13H,12H2,1-2H3/b18-10+. The molecule has 0 radical (unpaired) electrons. The van der Waals surface area contributed by atoms with E-state index in [-0.39, 0.29) is 11.6 Å². The fourth-order valence-corrected chi connectivity index (χ4v) is 3.75. The van der Waals surface area contributed by atoms with Gasteiger partial charge in [-0.15, -0.1) is 11.8 Å². The number of aromatic nitrogens is 1. The molecule has 5 heteroatoms. The number of carbonyl (C=O) groups is 1. The van der Waals surface area contributed by atoms with E-state index in [1.165, 1.54) is 23.9 Å². The number of carbonyl (C=O) groups excluding carboxylic acids is 1. The lowest BCUT2D eigenvalue weighted by atomic mass is 10.2. The van der Waals surface area contributed by atoms with E-state index in [1.807, 2.05) is 0 Å². The van der Waals surface area contributed by atoms with Gasteiger partial charge in [-0.25, -0.2) is 4.39 Å². The summed E-state index contributed by atoms with van der Waals surface area (Å²) in [5.41, 5.74) is 0.565. The second-order valence-electron chi connectivity index (χ2n) is 5.33. The molecule has 0 atom stereocenters. The van der Waals surface area contributed by atoms with Crippen LogP contribution in [0.3, 0.4) is 0 Å². The third-order valence-corrected chi connectivity index (χ3v) is 5.45. The van der Waals surface area contributed by atoms with Crippen LogP contribution in [0.15, 0.2) is 64.0 Å². The maximum absolute atomic E-state index is 13.0. The van der Waals surface area contributed by atoms with Crippen molar-refractivity contribution in [2.45, 2.75) is 18.7 Å². The second kappa shape index (κ2) is 8.89. The van der Waals surface area contributed by atoms with Gasteiger partial charge in [0, 0.05) is 38.9 Å². The van der Waals surface area contributed by atoms with E-state index < -0.39 is 0 Å². The van der Waals surface area contributed by atoms with Crippen molar-refractivity contribution in [3.05, 3.63) is 70.5 Å². The van der Waals surface area contributed by atoms with Crippen LogP contribution in [0.5, 0.6) is 0 Å². The molecule has 2 aromatic rings. The SMILES string of the molecule is CC(C)CS/C(=C\C(=O)c1cccnc1)Sc1ccc(F)cc1. The highest BCUT2D eigenvalue weighted by atomic mass is 32.2. The molecule has 23 heavy (non-hydrogen) atoms. The fraction of sp³-hybridized carbons (Fsp3) is 0.222. The average molecular weight is 347 g/mol. The van der Waals surface area contributed by atoms with Gasteiger partial charge in [-0.3, -0.25) is 9.78 Å². The van der Waals surface area contributed by atoms with Gasteiger partial charge in [0.05, 0.1) is 0 Å². The molecule has 0 unspecified atom stereocenters. The lowest BCUT2D eigenvalue weighted by Gasteiger charge is -2.09. The molecule has 0 aliphatic carbocycles. The molecule has 0 bridgehead atoms. The Morgan fingerprint density at radius 1 is 1.26 bits per heavy atom. The topological polar surface area (TPSA) is 30.0 Å². The van der Waals surface area contributed by atoms with Crippen LogP contribution in [0.4, 0.5) is 4.39 Å². The molecular weight excluding hydrogens is 329 g/mol. The van der Waals surface area contributed by atoms with Gasteiger partial charge < -0.3 is 0 Å². The number of ketones is 1. The van der Waals surface area contributed by atoms with Crippen molar-refractivity contribution in [1.82, 2.24) is 4.98 Å². The molecule has 0 amide bonds. The second-order valence-corrected chi connectivity index (χ2v) is 7.77. The lowest BCUT2D eigenvalue weighted by molar-refractivity contribution is 0.104. The van der Waals surface area contributed by atoms with E-state index in [1.54, 1.807) is 54.5 Å². The Morgan fingerprint density at radius 3 is 2.61 bits per heavy atom. The Balaban J connectivity index is 2.17.